The number of benzene rings is 1. The van der Waals surface area contributed by atoms with Crippen molar-refractivity contribution in [2.45, 2.75) is 32.9 Å². The Labute approximate surface area is 183 Å². The lowest BCUT2D eigenvalue weighted by molar-refractivity contribution is -0.142. The lowest BCUT2D eigenvalue weighted by Crippen LogP contribution is -2.36. The fourth-order valence-corrected chi connectivity index (χ4v) is 3.54. The van der Waals surface area contributed by atoms with Gasteiger partial charge in [-0.3, -0.25) is 4.79 Å². The second kappa shape index (κ2) is 10.8. The first kappa shape index (κ1) is 25.0. The van der Waals surface area contributed by atoms with Gasteiger partial charge in [-0.2, -0.15) is 0 Å². The number of ether oxygens (including phenoxy) is 3. The summed E-state index contributed by atoms with van der Waals surface area (Å²) in [5.74, 6) is -4.99. The van der Waals surface area contributed by atoms with E-state index in [1.165, 1.54) is 19.1 Å². The maximum atomic E-state index is 14.6. The summed E-state index contributed by atoms with van der Waals surface area (Å²) in [6, 6.07) is 3.63. The van der Waals surface area contributed by atoms with Crippen LogP contribution in [0.15, 0.2) is 40.7 Å². The molecule has 0 bridgehead atoms. The van der Waals surface area contributed by atoms with Gasteiger partial charge >= 0.3 is 17.9 Å². The highest BCUT2D eigenvalue weighted by Gasteiger charge is 2.41. The maximum Gasteiger partial charge on any atom is 0.336 e. The van der Waals surface area contributed by atoms with Gasteiger partial charge in [0.1, 0.15) is 25.3 Å². The lowest BCUT2D eigenvalue weighted by atomic mass is 9.77. The van der Waals surface area contributed by atoms with Gasteiger partial charge in [-0.25, -0.2) is 22.8 Å². The quantitative estimate of drug-likeness (QED) is 0.475. The van der Waals surface area contributed by atoms with Crippen LogP contribution >= 0.6 is 0 Å². The summed E-state index contributed by atoms with van der Waals surface area (Å²) in [6.07, 6.45) is -1.82. The topological polar surface area (TPSA) is 90.9 Å². The van der Waals surface area contributed by atoms with Crippen LogP contribution in [-0.4, -0.2) is 44.9 Å². The summed E-state index contributed by atoms with van der Waals surface area (Å²) in [7, 11) is 1.05. The molecular formula is C22H24F3NO6. The van der Waals surface area contributed by atoms with E-state index in [4.69, 9.17) is 14.2 Å². The number of rotatable bonds is 8. The molecule has 7 nitrogen and oxygen atoms in total. The van der Waals surface area contributed by atoms with Gasteiger partial charge < -0.3 is 19.5 Å². The highest BCUT2D eigenvalue weighted by molar-refractivity contribution is 6.00. The molecule has 1 heterocycles. The van der Waals surface area contributed by atoms with Crippen molar-refractivity contribution < 1.29 is 41.8 Å². The molecule has 0 amide bonds. The van der Waals surface area contributed by atoms with Crippen molar-refractivity contribution >= 4 is 17.9 Å². The fraction of sp³-hybridized carbons (Fsp3) is 0.409. The van der Waals surface area contributed by atoms with E-state index in [0.717, 1.165) is 27.0 Å². The van der Waals surface area contributed by atoms with E-state index in [0.29, 0.717) is 0 Å². The molecule has 0 radical (unpaired) electrons. The normalized spacial score (nSPS) is 16.9. The van der Waals surface area contributed by atoms with Crippen LogP contribution < -0.4 is 5.32 Å². The second-order valence-electron chi connectivity index (χ2n) is 6.83. The highest BCUT2D eigenvalue weighted by atomic mass is 19.1. The molecule has 0 saturated heterocycles. The van der Waals surface area contributed by atoms with Crippen molar-refractivity contribution in [3.63, 3.8) is 0 Å². The Bertz CT molecular complexity index is 970. The van der Waals surface area contributed by atoms with Crippen molar-refractivity contribution in [2.24, 2.45) is 0 Å². The Balaban J connectivity index is 2.90. The average molecular weight is 455 g/mol. The Morgan fingerprint density at radius 2 is 1.78 bits per heavy atom. The van der Waals surface area contributed by atoms with Gasteiger partial charge in [-0.15, -0.1) is 0 Å². The van der Waals surface area contributed by atoms with Gasteiger partial charge in [0, 0.05) is 12.5 Å². The summed E-state index contributed by atoms with van der Waals surface area (Å²) >= 11 is 0. The molecule has 2 atom stereocenters. The molecule has 0 aromatic heterocycles. The standard InChI is InChI=1S/C22H24F3NO6/c1-5-31-22(29)20-16(10-32-12(3)27)26-15(9-23)19(21(28)30-4)18(20)13-7-6-8-14(25)17(13)11(2)24/h6-8,11,18,26H,5,9-10H2,1-4H3. The zero-order valence-corrected chi connectivity index (χ0v) is 18.1. The van der Waals surface area contributed by atoms with Gasteiger partial charge in [0.25, 0.3) is 0 Å². The van der Waals surface area contributed by atoms with Crippen LogP contribution in [-0.2, 0) is 28.6 Å². The molecule has 2 unspecified atom stereocenters. The van der Waals surface area contributed by atoms with Gasteiger partial charge in [-0.05, 0) is 25.5 Å². The van der Waals surface area contributed by atoms with Crippen LogP contribution in [0, 0.1) is 5.82 Å². The number of hydrogen-bond donors (Lipinski definition) is 1. The van der Waals surface area contributed by atoms with Crippen molar-refractivity contribution in [1.29, 1.82) is 0 Å². The van der Waals surface area contributed by atoms with E-state index in [1.807, 2.05) is 0 Å². The SMILES string of the molecule is CCOC(=O)C1=C(COC(C)=O)NC(CF)=C(C(=O)OC)C1c1cccc(F)c1C(C)F. The number of esters is 3. The van der Waals surface area contributed by atoms with Crippen LogP contribution in [0.4, 0.5) is 13.2 Å². The summed E-state index contributed by atoms with van der Waals surface area (Å²) in [5, 5.41) is 2.59. The second-order valence-corrected chi connectivity index (χ2v) is 6.83. The van der Waals surface area contributed by atoms with Crippen LogP contribution in [0.1, 0.15) is 44.0 Å². The van der Waals surface area contributed by atoms with Crippen LogP contribution in [0.2, 0.25) is 0 Å². The molecule has 174 valence electrons. The zero-order chi connectivity index (χ0) is 24.0. The van der Waals surface area contributed by atoms with Crippen molar-refractivity contribution in [3.8, 4) is 0 Å². The van der Waals surface area contributed by atoms with Gasteiger partial charge in [0.05, 0.1) is 42.2 Å². The van der Waals surface area contributed by atoms with E-state index in [2.05, 4.69) is 5.32 Å². The molecule has 32 heavy (non-hydrogen) atoms. The molecule has 1 aromatic carbocycles. The third kappa shape index (κ3) is 5.12. The molecule has 2 rings (SSSR count). The highest BCUT2D eigenvalue weighted by Crippen LogP contribution is 2.43. The number of alkyl halides is 2. The molecule has 10 heteroatoms. The Morgan fingerprint density at radius 3 is 2.31 bits per heavy atom. The fourth-order valence-electron chi connectivity index (χ4n) is 3.54. The van der Waals surface area contributed by atoms with E-state index in [-0.39, 0.29) is 34.7 Å². The summed E-state index contributed by atoms with van der Waals surface area (Å²) in [6.45, 7) is 2.01. The van der Waals surface area contributed by atoms with Crippen LogP contribution in [0.3, 0.4) is 0 Å². The summed E-state index contributed by atoms with van der Waals surface area (Å²) < 4.78 is 57.9. The number of allylic oxidation sites excluding steroid dienone is 1. The first-order valence-corrected chi connectivity index (χ1v) is 9.78. The predicted octanol–water partition coefficient (Wildman–Crippen LogP) is 3.32. The van der Waals surface area contributed by atoms with Crippen molar-refractivity contribution in [1.82, 2.24) is 5.32 Å². The minimum Gasteiger partial charge on any atom is -0.466 e. The van der Waals surface area contributed by atoms with Gasteiger partial charge in [0.2, 0.25) is 0 Å². The molecular weight excluding hydrogens is 431 g/mol. The van der Waals surface area contributed by atoms with E-state index >= 15 is 0 Å². The predicted molar refractivity (Wildman–Crippen MR) is 107 cm³/mol. The number of carbonyl (C=O) groups excluding carboxylic acids is 3. The number of dihydropyridines is 1. The van der Waals surface area contributed by atoms with Crippen LogP contribution in [0.5, 0.6) is 0 Å². The monoisotopic (exact) mass is 455 g/mol. The molecule has 0 aliphatic carbocycles. The summed E-state index contributed by atoms with van der Waals surface area (Å²) in [5.41, 5.74) is -1.47. The number of hydrogen-bond acceptors (Lipinski definition) is 7. The molecule has 1 aliphatic rings. The molecule has 0 spiro atoms. The van der Waals surface area contributed by atoms with Crippen LogP contribution in [0.25, 0.3) is 0 Å². The average Bonchev–Trinajstić information content (AvgIpc) is 2.75. The van der Waals surface area contributed by atoms with Gasteiger partial charge in [0.15, 0.2) is 0 Å². The zero-order valence-electron chi connectivity index (χ0n) is 18.1. The molecule has 1 aliphatic heterocycles. The van der Waals surface area contributed by atoms with E-state index in [1.54, 1.807) is 0 Å². The smallest absolute Gasteiger partial charge is 0.336 e. The minimum atomic E-state index is -1.82. The van der Waals surface area contributed by atoms with E-state index < -0.39 is 54.7 Å². The molecule has 0 saturated carbocycles. The molecule has 1 N–H and O–H groups in total. The lowest BCUT2D eigenvalue weighted by Gasteiger charge is -2.32. The van der Waals surface area contributed by atoms with Crippen molar-refractivity contribution in [3.05, 3.63) is 57.7 Å². The molecule has 1 aromatic rings. The number of methoxy groups -OCH3 is 1. The third-order valence-electron chi connectivity index (χ3n) is 4.78. The number of carbonyl (C=O) groups is 3. The Hall–Kier alpha value is -3.30. The Kier molecular flexibility index (Phi) is 8.45. The number of nitrogens with one attached hydrogen (secondary N) is 1. The summed E-state index contributed by atoms with van der Waals surface area (Å²) in [4.78, 5) is 36.9. The minimum absolute atomic E-state index is 0.0569. The number of halogens is 3. The molecule has 0 fully saturated rings. The Morgan fingerprint density at radius 1 is 1.12 bits per heavy atom. The van der Waals surface area contributed by atoms with Gasteiger partial charge in [-0.1, -0.05) is 12.1 Å². The first-order valence-electron chi connectivity index (χ1n) is 9.78. The third-order valence-corrected chi connectivity index (χ3v) is 4.78. The van der Waals surface area contributed by atoms with E-state index in [9.17, 15) is 27.6 Å². The largest absolute Gasteiger partial charge is 0.466 e. The maximum absolute atomic E-state index is 14.6. The van der Waals surface area contributed by atoms with Crippen molar-refractivity contribution in [2.75, 3.05) is 27.0 Å². The first-order chi connectivity index (χ1) is 15.2.